The first-order valence-corrected chi connectivity index (χ1v) is 8.28. The Kier molecular flexibility index (Phi) is 4.84. The van der Waals surface area contributed by atoms with E-state index in [9.17, 15) is 0 Å². The van der Waals surface area contributed by atoms with Crippen LogP contribution in [0.1, 0.15) is 53.9 Å². The normalized spacial score (nSPS) is 35.2. The van der Waals surface area contributed by atoms with Gasteiger partial charge in [-0.25, -0.2) is 0 Å². The molecule has 2 rings (SSSR count). The number of aliphatic hydroxyl groups excluding tert-OH is 1. The lowest BCUT2D eigenvalue weighted by atomic mass is 9.64. The maximum Gasteiger partial charge on any atom is 0.121 e. The number of hydrogen-bond donors (Lipinski definition) is 1. The predicted molar refractivity (Wildman–Crippen MR) is 92.7 cm³/mol. The van der Waals surface area contributed by atoms with Crippen molar-refractivity contribution in [2.45, 2.75) is 65.1 Å². The summed E-state index contributed by atoms with van der Waals surface area (Å²) >= 11 is 0. The standard InChI is InChI=1S/C20H30O2/c1-16(8-6-9-17(2)11-15-21)10-14-20-18(3,4)12-7-13-19(20,5)22-20/h6,8-11,14,21H,7,12-13,15H2,1-5H3/b9-6+,14-10+,16-8+,17-11+. The van der Waals surface area contributed by atoms with E-state index < -0.39 is 0 Å². The van der Waals surface area contributed by atoms with Crippen molar-refractivity contribution in [3.05, 3.63) is 47.6 Å². The minimum absolute atomic E-state index is 0.0296. The van der Waals surface area contributed by atoms with Crippen molar-refractivity contribution >= 4 is 0 Å². The van der Waals surface area contributed by atoms with E-state index in [1.165, 1.54) is 18.4 Å². The molecule has 2 heteroatoms. The Morgan fingerprint density at radius 1 is 1.09 bits per heavy atom. The van der Waals surface area contributed by atoms with Gasteiger partial charge in [0.2, 0.25) is 0 Å². The average Bonchev–Trinajstić information content (AvgIpc) is 3.05. The molecule has 0 aromatic heterocycles. The van der Waals surface area contributed by atoms with E-state index in [4.69, 9.17) is 9.84 Å². The van der Waals surface area contributed by atoms with E-state index in [1.54, 1.807) is 6.08 Å². The van der Waals surface area contributed by atoms with E-state index in [-0.39, 0.29) is 23.2 Å². The van der Waals surface area contributed by atoms with Crippen LogP contribution in [0.5, 0.6) is 0 Å². The lowest BCUT2D eigenvalue weighted by Crippen LogP contribution is -2.41. The van der Waals surface area contributed by atoms with Crippen molar-refractivity contribution in [2.24, 2.45) is 5.41 Å². The van der Waals surface area contributed by atoms with Crippen molar-refractivity contribution in [1.29, 1.82) is 0 Å². The van der Waals surface area contributed by atoms with Crippen molar-refractivity contribution in [1.82, 2.24) is 0 Å². The van der Waals surface area contributed by atoms with Gasteiger partial charge in [-0.05, 0) is 46.1 Å². The number of allylic oxidation sites excluding steroid dienone is 6. The van der Waals surface area contributed by atoms with Crippen molar-refractivity contribution < 1.29 is 9.84 Å². The van der Waals surface area contributed by atoms with E-state index in [0.717, 1.165) is 12.0 Å². The van der Waals surface area contributed by atoms with Gasteiger partial charge in [0, 0.05) is 5.41 Å². The number of ether oxygens (including phenoxy) is 1. The molecule has 0 aromatic rings. The quantitative estimate of drug-likeness (QED) is 0.588. The minimum atomic E-state index is -0.0935. The van der Waals surface area contributed by atoms with Gasteiger partial charge >= 0.3 is 0 Å². The second kappa shape index (κ2) is 6.17. The predicted octanol–water partition coefficient (Wildman–Crippen LogP) is 4.72. The van der Waals surface area contributed by atoms with Gasteiger partial charge in [0.05, 0.1) is 12.2 Å². The molecule has 1 heterocycles. The fraction of sp³-hybridized carbons (Fsp3) is 0.600. The zero-order chi connectivity index (χ0) is 16.4. The van der Waals surface area contributed by atoms with E-state index in [0.29, 0.717) is 0 Å². The molecule has 122 valence electrons. The first kappa shape index (κ1) is 17.2. The highest BCUT2D eigenvalue weighted by Gasteiger charge is 2.73. The van der Waals surface area contributed by atoms with Gasteiger partial charge in [-0.15, -0.1) is 0 Å². The summed E-state index contributed by atoms with van der Waals surface area (Å²) in [4.78, 5) is 0. The fourth-order valence-corrected chi connectivity index (χ4v) is 3.78. The Hall–Kier alpha value is -1.12. The summed E-state index contributed by atoms with van der Waals surface area (Å²) in [5.41, 5.74) is 2.42. The second-order valence-electron chi connectivity index (χ2n) is 7.54. The molecule has 2 unspecified atom stereocenters. The van der Waals surface area contributed by atoms with Gasteiger partial charge in [0.1, 0.15) is 5.60 Å². The third kappa shape index (κ3) is 3.13. The Morgan fingerprint density at radius 3 is 2.45 bits per heavy atom. The van der Waals surface area contributed by atoms with Crippen LogP contribution >= 0.6 is 0 Å². The number of aliphatic hydroxyl groups is 1. The molecule has 1 N–H and O–H groups in total. The molecule has 0 radical (unpaired) electrons. The maximum absolute atomic E-state index is 8.83. The van der Waals surface area contributed by atoms with E-state index in [1.807, 2.05) is 19.1 Å². The van der Waals surface area contributed by atoms with Crippen LogP contribution in [0.4, 0.5) is 0 Å². The van der Waals surface area contributed by atoms with Crippen LogP contribution in [0.3, 0.4) is 0 Å². The summed E-state index contributed by atoms with van der Waals surface area (Å²) in [5.74, 6) is 0. The largest absolute Gasteiger partial charge is 0.392 e. The molecule has 0 aromatic carbocycles. The molecule has 2 atom stereocenters. The topological polar surface area (TPSA) is 32.8 Å². The van der Waals surface area contributed by atoms with Crippen LogP contribution in [0.2, 0.25) is 0 Å². The van der Waals surface area contributed by atoms with E-state index >= 15 is 0 Å². The second-order valence-corrected chi connectivity index (χ2v) is 7.54. The highest BCUT2D eigenvalue weighted by molar-refractivity contribution is 5.35. The van der Waals surface area contributed by atoms with Crippen molar-refractivity contribution in [3.63, 3.8) is 0 Å². The molecule has 0 bridgehead atoms. The molecule has 0 spiro atoms. The molecule has 2 aliphatic rings. The molecule has 1 saturated heterocycles. The SMILES string of the molecule is CC(/C=C/C12OC1(C)CCCC2(C)C)=C\C=C\C(C)=C\CO. The Balaban J connectivity index is 2.07. The van der Waals surface area contributed by atoms with Gasteiger partial charge in [-0.1, -0.05) is 55.4 Å². The Bertz CT molecular complexity index is 536. The van der Waals surface area contributed by atoms with Gasteiger partial charge in [0.15, 0.2) is 0 Å². The fourth-order valence-electron chi connectivity index (χ4n) is 3.78. The maximum atomic E-state index is 8.83. The summed E-state index contributed by atoms with van der Waals surface area (Å²) in [5, 5.41) is 8.83. The lowest BCUT2D eigenvalue weighted by Gasteiger charge is -2.36. The van der Waals surface area contributed by atoms with Gasteiger partial charge in [-0.3, -0.25) is 0 Å². The van der Waals surface area contributed by atoms with Crippen LogP contribution in [0.25, 0.3) is 0 Å². The van der Waals surface area contributed by atoms with Crippen molar-refractivity contribution in [3.8, 4) is 0 Å². The zero-order valence-electron chi connectivity index (χ0n) is 14.6. The zero-order valence-corrected chi connectivity index (χ0v) is 14.6. The van der Waals surface area contributed by atoms with Crippen LogP contribution in [0, 0.1) is 5.41 Å². The molecule has 1 aliphatic carbocycles. The third-order valence-corrected chi connectivity index (χ3v) is 5.30. The number of hydrogen-bond acceptors (Lipinski definition) is 2. The number of rotatable bonds is 5. The van der Waals surface area contributed by atoms with Gasteiger partial charge in [-0.2, -0.15) is 0 Å². The molecule has 1 saturated carbocycles. The first-order valence-electron chi connectivity index (χ1n) is 8.28. The molecule has 1 aliphatic heterocycles. The van der Waals surface area contributed by atoms with Crippen LogP contribution < -0.4 is 0 Å². The van der Waals surface area contributed by atoms with Crippen LogP contribution in [0.15, 0.2) is 47.6 Å². The smallest absolute Gasteiger partial charge is 0.121 e. The summed E-state index contributed by atoms with van der Waals surface area (Å²) in [6.45, 7) is 11.1. The number of fused-ring (bicyclic) bond motifs is 1. The molecule has 0 amide bonds. The van der Waals surface area contributed by atoms with Crippen LogP contribution in [-0.4, -0.2) is 22.9 Å². The third-order valence-electron chi connectivity index (χ3n) is 5.30. The Morgan fingerprint density at radius 2 is 1.82 bits per heavy atom. The highest BCUT2D eigenvalue weighted by atomic mass is 16.6. The van der Waals surface area contributed by atoms with Gasteiger partial charge < -0.3 is 9.84 Å². The number of epoxide rings is 1. The minimum Gasteiger partial charge on any atom is -0.392 e. The lowest BCUT2D eigenvalue weighted by molar-refractivity contribution is 0.166. The first-order chi connectivity index (χ1) is 10.3. The van der Waals surface area contributed by atoms with Gasteiger partial charge in [0.25, 0.3) is 0 Å². The molecular weight excluding hydrogens is 272 g/mol. The molecule has 2 nitrogen and oxygen atoms in total. The molecule has 22 heavy (non-hydrogen) atoms. The molecular formula is C20H30O2. The highest BCUT2D eigenvalue weighted by Crippen LogP contribution is 2.66. The summed E-state index contributed by atoms with van der Waals surface area (Å²) in [6.07, 6.45) is 16.0. The van der Waals surface area contributed by atoms with Crippen LogP contribution in [-0.2, 0) is 4.74 Å². The monoisotopic (exact) mass is 302 g/mol. The van der Waals surface area contributed by atoms with E-state index in [2.05, 4.69) is 45.9 Å². The summed E-state index contributed by atoms with van der Waals surface area (Å²) in [6, 6.07) is 0. The van der Waals surface area contributed by atoms with Crippen molar-refractivity contribution in [2.75, 3.05) is 6.61 Å². The average molecular weight is 302 g/mol. The summed E-state index contributed by atoms with van der Waals surface area (Å²) in [7, 11) is 0. The summed E-state index contributed by atoms with van der Waals surface area (Å²) < 4.78 is 6.22. The Labute approximate surface area is 135 Å². The molecule has 2 fully saturated rings.